The number of aryl methyl sites for hydroxylation is 1. The molecule has 0 saturated carbocycles. The highest BCUT2D eigenvalue weighted by Crippen LogP contribution is 2.09. The Kier molecular flexibility index (Phi) is 5.68. The number of amides is 1. The number of carbonyl (C=O) groups excluding carboxylic acids is 1. The Morgan fingerprint density at radius 3 is 2.65 bits per heavy atom. The number of carbonyl (C=O) groups is 1. The molecule has 0 aliphatic carbocycles. The van der Waals surface area contributed by atoms with E-state index in [2.05, 4.69) is 4.98 Å². The standard InChI is InChI=1S/C15H14ClFN2O3S/c16-14-6-4-12(9-18-14)10-23(21,22)19-15(20)7-5-11-2-1-3-13(17)8-11/h1-4,6,8-9H,5,7,10H2,(H,19,20). The van der Waals surface area contributed by atoms with Crippen molar-refractivity contribution >= 4 is 27.5 Å². The summed E-state index contributed by atoms with van der Waals surface area (Å²) in [6.45, 7) is 0. The number of halogens is 2. The molecule has 0 atom stereocenters. The number of hydrogen-bond acceptors (Lipinski definition) is 4. The molecular weight excluding hydrogens is 343 g/mol. The number of nitrogens with zero attached hydrogens (tertiary/aromatic N) is 1. The quantitative estimate of drug-likeness (QED) is 0.807. The van der Waals surface area contributed by atoms with E-state index in [0.717, 1.165) is 0 Å². The fourth-order valence-corrected chi connectivity index (χ4v) is 3.16. The third kappa shape index (κ3) is 5.96. The van der Waals surface area contributed by atoms with E-state index < -0.39 is 21.7 Å². The van der Waals surface area contributed by atoms with Gasteiger partial charge in [-0.1, -0.05) is 29.8 Å². The van der Waals surface area contributed by atoms with Gasteiger partial charge in [-0.25, -0.2) is 17.8 Å². The summed E-state index contributed by atoms with van der Waals surface area (Å²) < 4.78 is 38.8. The van der Waals surface area contributed by atoms with Gasteiger partial charge in [0, 0.05) is 12.6 Å². The van der Waals surface area contributed by atoms with Crippen LogP contribution in [0.15, 0.2) is 42.6 Å². The lowest BCUT2D eigenvalue weighted by molar-refractivity contribution is -0.119. The average Bonchev–Trinajstić information content (AvgIpc) is 2.47. The Labute approximate surface area is 138 Å². The lowest BCUT2D eigenvalue weighted by atomic mass is 10.1. The van der Waals surface area contributed by atoms with E-state index in [4.69, 9.17) is 11.6 Å². The minimum atomic E-state index is -3.82. The van der Waals surface area contributed by atoms with Crippen LogP contribution in [0.5, 0.6) is 0 Å². The zero-order valence-corrected chi connectivity index (χ0v) is 13.6. The monoisotopic (exact) mass is 356 g/mol. The van der Waals surface area contributed by atoms with E-state index in [1.165, 1.54) is 36.5 Å². The normalized spacial score (nSPS) is 11.2. The van der Waals surface area contributed by atoms with Crippen molar-refractivity contribution < 1.29 is 17.6 Å². The van der Waals surface area contributed by atoms with Gasteiger partial charge in [0.25, 0.3) is 0 Å². The molecule has 0 saturated heterocycles. The first-order valence-corrected chi connectivity index (χ1v) is 8.75. The summed E-state index contributed by atoms with van der Waals surface area (Å²) in [5, 5.41) is 0.255. The van der Waals surface area contributed by atoms with Crippen LogP contribution in [0.3, 0.4) is 0 Å². The van der Waals surface area contributed by atoms with Crippen LogP contribution in [0.4, 0.5) is 4.39 Å². The first-order valence-electron chi connectivity index (χ1n) is 6.72. The van der Waals surface area contributed by atoms with E-state index in [1.54, 1.807) is 6.07 Å². The molecule has 1 amide bonds. The average molecular weight is 357 g/mol. The molecule has 122 valence electrons. The van der Waals surface area contributed by atoms with Crippen LogP contribution in [0.2, 0.25) is 5.15 Å². The number of pyridine rings is 1. The van der Waals surface area contributed by atoms with E-state index in [-0.39, 0.29) is 23.7 Å². The first-order chi connectivity index (χ1) is 10.8. The van der Waals surface area contributed by atoms with Gasteiger partial charge in [-0.05, 0) is 35.7 Å². The van der Waals surface area contributed by atoms with Gasteiger partial charge in [0.05, 0.1) is 5.75 Å². The molecule has 0 aliphatic heterocycles. The molecule has 8 heteroatoms. The highest BCUT2D eigenvalue weighted by atomic mass is 35.5. The SMILES string of the molecule is O=C(CCc1cccc(F)c1)NS(=O)(=O)Cc1ccc(Cl)nc1. The molecule has 1 aromatic carbocycles. The van der Waals surface area contributed by atoms with E-state index in [1.807, 2.05) is 4.72 Å². The van der Waals surface area contributed by atoms with Gasteiger partial charge in [-0.2, -0.15) is 0 Å². The van der Waals surface area contributed by atoms with Crippen molar-refractivity contribution in [2.24, 2.45) is 0 Å². The first kappa shape index (κ1) is 17.4. The van der Waals surface area contributed by atoms with Gasteiger partial charge in [-0.15, -0.1) is 0 Å². The summed E-state index contributed by atoms with van der Waals surface area (Å²) in [5.74, 6) is -1.41. The number of benzene rings is 1. The summed E-state index contributed by atoms with van der Waals surface area (Å²) in [6, 6.07) is 8.80. The maximum Gasteiger partial charge on any atom is 0.239 e. The van der Waals surface area contributed by atoms with Crippen molar-refractivity contribution in [3.63, 3.8) is 0 Å². The summed E-state index contributed by atoms with van der Waals surface area (Å²) in [5.41, 5.74) is 1.04. The molecule has 1 N–H and O–H groups in total. The van der Waals surface area contributed by atoms with Crippen molar-refractivity contribution in [3.8, 4) is 0 Å². The van der Waals surface area contributed by atoms with Crippen LogP contribution in [0.25, 0.3) is 0 Å². The summed E-state index contributed by atoms with van der Waals surface area (Å²) in [7, 11) is -3.82. The minimum Gasteiger partial charge on any atom is -0.274 e. The van der Waals surface area contributed by atoms with Crippen LogP contribution in [-0.4, -0.2) is 19.3 Å². The fraction of sp³-hybridized carbons (Fsp3) is 0.200. The summed E-state index contributed by atoms with van der Waals surface area (Å²) in [4.78, 5) is 15.5. The molecule has 23 heavy (non-hydrogen) atoms. The highest BCUT2D eigenvalue weighted by molar-refractivity contribution is 7.89. The third-order valence-electron chi connectivity index (χ3n) is 2.94. The Balaban J connectivity index is 1.89. The maximum atomic E-state index is 13.0. The van der Waals surface area contributed by atoms with Gasteiger partial charge >= 0.3 is 0 Å². The molecule has 2 aromatic rings. The Morgan fingerprint density at radius 1 is 1.22 bits per heavy atom. The van der Waals surface area contributed by atoms with Crippen molar-refractivity contribution in [2.45, 2.75) is 18.6 Å². The second-order valence-corrected chi connectivity index (χ2v) is 7.01. The fourth-order valence-electron chi connectivity index (χ4n) is 1.92. The summed E-state index contributed by atoms with van der Waals surface area (Å²) >= 11 is 5.62. The molecule has 0 fully saturated rings. The lowest BCUT2D eigenvalue weighted by Crippen LogP contribution is -2.31. The van der Waals surface area contributed by atoms with Gasteiger partial charge in [0.1, 0.15) is 11.0 Å². The molecule has 0 unspecified atom stereocenters. The highest BCUT2D eigenvalue weighted by Gasteiger charge is 2.15. The minimum absolute atomic E-state index is 0.0540. The van der Waals surface area contributed by atoms with Crippen LogP contribution < -0.4 is 4.72 Å². The molecule has 0 radical (unpaired) electrons. The molecule has 1 aromatic heterocycles. The smallest absolute Gasteiger partial charge is 0.239 e. The molecule has 0 bridgehead atoms. The van der Waals surface area contributed by atoms with Crippen LogP contribution in [0, 0.1) is 5.82 Å². The van der Waals surface area contributed by atoms with Crippen molar-refractivity contribution in [1.29, 1.82) is 0 Å². The largest absolute Gasteiger partial charge is 0.274 e. The number of aromatic nitrogens is 1. The van der Waals surface area contributed by atoms with Crippen molar-refractivity contribution in [1.82, 2.24) is 9.71 Å². The van der Waals surface area contributed by atoms with Gasteiger partial charge < -0.3 is 0 Å². The third-order valence-corrected chi connectivity index (χ3v) is 4.42. The molecular formula is C15H14ClFN2O3S. The number of hydrogen-bond donors (Lipinski definition) is 1. The van der Waals surface area contributed by atoms with Crippen LogP contribution in [0.1, 0.15) is 17.5 Å². The van der Waals surface area contributed by atoms with Crippen LogP contribution >= 0.6 is 11.6 Å². The van der Waals surface area contributed by atoms with E-state index >= 15 is 0 Å². The Bertz CT molecular complexity index is 795. The maximum absolute atomic E-state index is 13.0. The zero-order valence-electron chi connectivity index (χ0n) is 12.0. The predicted octanol–water partition coefficient (Wildman–Crippen LogP) is 2.45. The van der Waals surface area contributed by atoms with E-state index in [0.29, 0.717) is 11.1 Å². The van der Waals surface area contributed by atoms with Gasteiger partial charge in [0.2, 0.25) is 15.9 Å². The predicted molar refractivity (Wildman–Crippen MR) is 84.7 cm³/mol. The van der Waals surface area contributed by atoms with Gasteiger partial charge in [-0.3, -0.25) is 9.52 Å². The van der Waals surface area contributed by atoms with Crippen molar-refractivity contribution in [3.05, 3.63) is 64.7 Å². The topological polar surface area (TPSA) is 76.1 Å². The van der Waals surface area contributed by atoms with Crippen LogP contribution in [-0.2, 0) is 27.0 Å². The summed E-state index contributed by atoms with van der Waals surface area (Å²) in [6.07, 6.45) is 1.53. The number of rotatable bonds is 6. The van der Waals surface area contributed by atoms with Crippen molar-refractivity contribution in [2.75, 3.05) is 0 Å². The lowest BCUT2D eigenvalue weighted by Gasteiger charge is -2.07. The molecule has 0 spiro atoms. The van der Waals surface area contributed by atoms with E-state index in [9.17, 15) is 17.6 Å². The zero-order chi connectivity index (χ0) is 16.9. The Hall–Kier alpha value is -1.99. The van der Waals surface area contributed by atoms with Gasteiger partial charge in [0.15, 0.2) is 0 Å². The number of sulfonamides is 1. The number of nitrogens with one attached hydrogen (secondary N) is 1. The second kappa shape index (κ2) is 7.52. The molecule has 0 aliphatic rings. The Morgan fingerprint density at radius 2 is 2.00 bits per heavy atom. The molecule has 1 heterocycles. The molecule has 5 nitrogen and oxygen atoms in total. The molecule has 2 rings (SSSR count). The second-order valence-electron chi connectivity index (χ2n) is 4.90.